The first kappa shape index (κ1) is 19.4. The van der Waals surface area contributed by atoms with Crippen molar-refractivity contribution < 1.29 is 28.7 Å². The molecule has 0 saturated heterocycles. The van der Waals surface area contributed by atoms with Crippen LogP contribution in [0.2, 0.25) is 0 Å². The molecule has 0 unspecified atom stereocenters. The van der Waals surface area contributed by atoms with Crippen LogP contribution in [0.1, 0.15) is 39.5 Å². The molecule has 1 aromatic carbocycles. The summed E-state index contributed by atoms with van der Waals surface area (Å²) < 4.78 is 14.8. The van der Waals surface area contributed by atoms with Crippen LogP contribution in [0.4, 0.5) is 10.5 Å². The Hall–Kier alpha value is -2.64. The molecule has 8 nitrogen and oxygen atoms in total. The van der Waals surface area contributed by atoms with Gasteiger partial charge in [-0.25, -0.2) is 4.79 Å². The minimum absolute atomic E-state index is 0.0910. The zero-order valence-corrected chi connectivity index (χ0v) is 13.7. The lowest BCUT2D eigenvalue weighted by molar-refractivity contribution is -0.384. The van der Waals surface area contributed by atoms with Crippen molar-refractivity contribution in [1.82, 2.24) is 0 Å². The highest BCUT2D eigenvalue weighted by molar-refractivity contribution is 5.69. The fraction of sp³-hybridized carbons (Fsp3) is 0.500. The first-order valence-corrected chi connectivity index (χ1v) is 7.67. The molecule has 0 N–H and O–H groups in total. The average molecular weight is 339 g/mol. The van der Waals surface area contributed by atoms with E-state index in [-0.39, 0.29) is 30.1 Å². The van der Waals surface area contributed by atoms with Crippen molar-refractivity contribution in [3.8, 4) is 5.75 Å². The van der Waals surface area contributed by atoms with Crippen LogP contribution in [0.3, 0.4) is 0 Å². The summed E-state index contributed by atoms with van der Waals surface area (Å²) in [5.74, 6) is -0.0643. The Morgan fingerprint density at radius 1 is 1.12 bits per heavy atom. The van der Waals surface area contributed by atoms with Crippen LogP contribution in [0.5, 0.6) is 5.75 Å². The summed E-state index contributed by atoms with van der Waals surface area (Å²) in [4.78, 5) is 32.7. The summed E-state index contributed by atoms with van der Waals surface area (Å²) in [5.41, 5.74) is -0.0910. The van der Waals surface area contributed by atoms with Gasteiger partial charge < -0.3 is 14.2 Å². The zero-order chi connectivity index (χ0) is 17.9. The monoisotopic (exact) mass is 339 g/mol. The second kappa shape index (κ2) is 10.2. The van der Waals surface area contributed by atoms with E-state index in [4.69, 9.17) is 14.2 Å². The number of esters is 1. The van der Waals surface area contributed by atoms with Crippen LogP contribution < -0.4 is 4.74 Å². The van der Waals surface area contributed by atoms with Crippen LogP contribution in [0.15, 0.2) is 24.3 Å². The fourth-order valence-corrected chi connectivity index (χ4v) is 1.79. The van der Waals surface area contributed by atoms with Crippen molar-refractivity contribution >= 4 is 17.8 Å². The van der Waals surface area contributed by atoms with E-state index in [0.29, 0.717) is 19.3 Å². The number of carbonyl (C=O) groups excluding carboxylic acids is 2. The number of nitro groups is 1. The molecule has 0 aliphatic carbocycles. The fourth-order valence-electron chi connectivity index (χ4n) is 1.79. The van der Waals surface area contributed by atoms with Gasteiger partial charge in [0, 0.05) is 18.6 Å². The molecular weight excluding hydrogens is 318 g/mol. The van der Waals surface area contributed by atoms with Crippen molar-refractivity contribution in [3.05, 3.63) is 34.4 Å². The highest BCUT2D eigenvalue weighted by atomic mass is 16.7. The van der Waals surface area contributed by atoms with Crippen molar-refractivity contribution in [3.63, 3.8) is 0 Å². The molecule has 1 rings (SSSR count). The summed E-state index contributed by atoms with van der Waals surface area (Å²) in [6.45, 7) is 3.76. The molecule has 0 aliphatic heterocycles. The summed E-state index contributed by atoms with van der Waals surface area (Å²) in [7, 11) is 0. The molecule has 132 valence electrons. The molecule has 0 bridgehead atoms. The third kappa shape index (κ3) is 8.11. The zero-order valence-electron chi connectivity index (χ0n) is 13.7. The lowest BCUT2D eigenvalue weighted by Crippen LogP contribution is -2.12. The highest BCUT2D eigenvalue weighted by Gasteiger charge is 2.09. The molecule has 0 radical (unpaired) electrons. The number of ether oxygens (including phenoxy) is 3. The second-order valence-electron chi connectivity index (χ2n) is 5.30. The number of hydrogen-bond acceptors (Lipinski definition) is 7. The number of benzene rings is 1. The first-order chi connectivity index (χ1) is 11.4. The summed E-state index contributed by atoms with van der Waals surface area (Å²) in [6, 6.07) is 5.11. The van der Waals surface area contributed by atoms with E-state index >= 15 is 0 Å². The molecule has 8 heteroatoms. The predicted octanol–water partition coefficient (Wildman–Crippen LogP) is 3.62. The summed E-state index contributed by atoms with van der Waals surface area (Å²) in [6.07, 6.45) is 1.33. The molecule has 1 aromatic rings. The van der Waals surface area contributed by atoms with E-state index in [1.807, 2.05) is 0 Å². The van der Waals surface area contributed by atoms with Gasteiger partial charge in [-0.1, -0.05) is 0 Å². The number of unbranched alkanes of at least 4 members (excludes halogenated alkanes) is 2. The number of nitrogens with zero attached hydrogens (tertiary/aromatic N) is 1. The van der Waals surface area contributed by atoms with Gasteiger partial charge in [-0.05, 0) is 45.2 Å². The Morgan fingerprint density at radius 3 is 2.38 bits per heavy atom. The minimum Gasteiger partial charge on any atom is -0.463 e. The number of carbonyl (C=O) groups is 2. The number of nitro benzene ring substituents is 1. The second-order valence-corrected chi connectivity index (χ2v) is 5.30. The van der Waals surface area contributed by atoms with Gasteiger partial charge in [0.2, 0.25) is 0 Å². The molecule has 0 heterocycles. The Balaban J connectivity index is 2.14. The molecule has 0 atom stereocenters. The average Bonchev–Trinajstić information content (AvgIpc) is 2.50. The largest absolute Gasteiger partial charge is 0.513 e. The Morgan fingerprint density at radius 2 is 1.79 bits per heavy atom. The molecular formula is C16H21NO7. The lowest BCUT2D eigenvalue weighted by Gasteiger charge is -2.08. The van der Waals surface area contributed by atoms with E-state index in [1.165, 1.54) is 24.3 Å². The van der Waals surface area contributed by atoms with Gasteiger partial charge in [-0.2, -0.15) is 0 Å². The van der Waals surface area contributed by atoms with E-state index in [1.54, 1.807) is 13.8 Å². The van der Waals surface area contributed by atoms with Gasteiger partial charge in [0.15, 0.2) is 0 Å². The van der Waals surface area contributed by atoms with E-state index in [2.05, 4.69) is 0 Å². The molecule has 24 heavy (non-hydrogen) atoms. The molecule has 0 aliphatic rings. The van der Waals surface area contributed by atoms with Crippen molar-refractivity contribution in [2.45, 2.75) is 45.6 Å². The third-order valence-corrected chi connectivity index (χ3v) is 2.86. The van der Waals surface area contributed by atoms with Gasteiger partial charge in [-0.3, -0.25) is 14.9 Å². The standard InChI is InChI=1S/C16H21NO7/c1-12(2)23-15(18)6-4-3-5-11-22-16(19)24-14-9-7-13(8-10-14)17(20)21/h7-10,12H,3-6,11H2,1-2H3. The van der Waals surface area contributed by atoms with Gasteiger partial charge in [0.1, 0.15) is 5.75 Å². The van der Waals surface area contributed by atoms with Crippen molar-refractivity contribution in [2.24, 2.45) is 0 Å². The molecule has 0 aromatic heterocycles. The normalized spacial score (nSPS) is 10.3. The smallest absolute Gasteiger partial charge is 0.463 e. The SMILES string of the molecule is CC(C)OC(=O)CCCCCOC(=O)Oc1ccc([N+](=O)[O-])cc1. The first-order valence-electron chi connectivity index (χ1n) is 7.67. The van der Waals surface area contributed by atoms with Crippen LogP contribution in [-0.2, 0) is 14.3 Å². The number of hydrogen-bond donors (Lipinski definition) is 0. The highest BCUT2D eigenvalue weighted by Crippen LogP contribution is 2.17. The van der Waals surface area contributed by atoms with E-state index in [0.717, 1.165) is 6.42 Å². The summed E-state index contributed by atoms with van der Waals surface area (Å²) in [5, 5.41) is 10.5. The maximum atomic E-state index is 11.4. The van der Waals surface area contributed by atoms with Gasteiger partial charge in [0.25, 0.3) is 5.69 Å². The molecule has 0 saturated carbocycles. The van der Waals surface area contributed by atoms with Crippen molar-refractivity contribution in [2.75, 3.05) is 6.61 Å². The molecule has 0 fully saturated rings. The van der Waals surface area contributed by atoms with Crippen molar-refractivity contribution in [1.29, 1.82) is 0 Å². The Bertz CT molecular complexity index is 554. The Labute approximate surface area is 139 Å². The molecule has 0 spiro atoms. The quantitative estimate of drug-likeness (QED) is 0.222. The minimum atomic E-state index is -0.872. The van der Waals surface area contributed by atoms with Crippen LogP contribution in [0.25, 0.3) is 0 Å². The lowest BCUT2D eigenvalue weighted by atomic mass is 10.2. The van der Waals surface area contributed by atoms with Crippen LogP contribution in [0, 0.1) is 10.1 Å². The van der Waals surface area contributed by atoms with Gasteiger partial charge in [-0.15, -0.1) is 0 Å². The Kier molecular flexibility index (Phi) is 8.24. The predicted molar refractivity (Wildman–Crippen MR) is 84.8 cm³/mol. The number of non-ortho nitro benzene ring substituents is 1. The third-order valence-electron chi connectivity index (χ3n) is 2.86. The maximum absolute atomic E-state index is 11.4. The van der Waals surface area contributed by atoms with Gasteiger partial charge in [0.05, 0.1) is 17.6 Å². The summed E-state index contributed by atoms with van der Waals surface area (Å²) >= 11 is 0. The maximum Gasteiger partial charge on any atom is 0.513 e. The number of rotatable bonds is 9. The van der Waals surface area contributed by atoms with Crippen LogP contribution in [-0.4, -0.2) is 29.8 Å². The van der Waals surface area contributed by atoms with E-state index < -0.39 is 11.1 Å². The van der Waals surface area contributed by atoms with E-state index in [9.17, 15) is 19.7 Å². The molecule has 0 amide bonds. The van der Waals surface area contributed by atoms with Crippen LogP contribution >= 0.6 is 0 Å². The van der Waals surface area contributed by atoms with Gasteiger partial charge >= 0.3 is 12.1 Å². The topological polar surface area (TPSA) is 105 Å².